The van der Waals surface area contributed by atoms with E-state index in [4.69, 9.17) is 10.5 Å². The molecule has 0 saturated carbocycles. The molecule has 19 heavy (non-hydrogen) atoms. The van der Waals surface area contributed by atoms with Crippen LogP contribution in [-0.4, -0.2) is 9.97 Å². The Kier molecular flexibility index (Phi) is 4.13. The summed E-state index contributed by atoms with van der Waals surface area (Å²) in [5.74, 6) is 1.29. The van der Waals surface area contributed by atoms with Crippen molar-refractivity contribution in [3.8, 4) is 11.6 Å². The van der Waals surface area contributed by atoms with Crippen molar-refractivity contribution < 1.29 is 4.74 Å². The van der Waals surface area contributed by atoms with Crippen molar-refractivity contribution in [3.05, 3.63) is 54.5 Å². The van der Waals surface area contributed by atoms with E-state index in [2.05, 4.69) is 16.5 Å². The number of allylic oxidation sites excluding steroid dienone is 1. The van der Waals surface area contributed by atoms with E-state index in [-0.39, 0.29) is 0 Å². The summed E-state index contributed by atoms with van der Waals surface area (Å²) < 4.78 is 5.81. The number of nitrogens with two attached hydrogens (primary N) is 1. The van der Waals surface area contributed by atoms with Crippen LogP contribution in [0.15, 0.2) is 43.2 Å². The van der Waals surface area contributed by atoms with Crippen LogP contribution < -0.4 is 10.5 Å². The van der Waals surface area contributed by atoms with Crippen molar-refractivity contribution in [1.82, 2.24) is 9.97 Å². The first-order valence-electron chi connectivity index (χ1n) is 6.21. The molecule has 0 aliphatic carbocycles. The zero-order valence-corrected chi connectivity index (χ0v) is 11.0. The molecule has 0 aliphatic heterocycles. The number of nitrogen functional groups attached to an aromatic ring is 1. The maximum Gasteiger partial charge on any atom is 0.222 e. The molecular formula is C15H17N3O. The van der Waals surface area contributed by atoms with Crippen molar-refractivity contribution in [2.24, 2.45) is 0 Å². The van der Waals surface area contributed by atoms with E-state index in [9.17, 15) is 0 Å². The standard InChI is InChI=1S/C15H17N3O/c1-3-5-11-8-12(16)6-7-14(11)19-15-9-13(4-2)17-10-18-15/h3,6-10H,1,4-5,16H2,2H3. The van der Waals surface area contributed by atoms with E-state index in [0.717, 1.165) is 23.4 Å². The first-order chi connectivity index (χ1) is 9.22. The number of rotatable bonds is 5. The zero-order chi connectivity index (χ0) is 13.7. The molecule has 1 aromatic heterocycles. The monoisotopic (exact) mass is 255 g/mol. The number of aryl methyl sites for hydroxylation is 1. The van der Waals surface area contributed by atoms with Crippen molar-refractivity contribution in [2.75, 3.05) is 5.73 Å². The molecule has 2 N–H and O–H groups in total. The van der Waals surface area contributed by atoms with E-state index in [1.165, 1.54) is 6.33 Å². The van der Waals surface area contributed by atoms with Gasteiger partial charge in [0.2, 0.25) is 5.88 Å². The first kappa shape index (κ1) is 13.1. The van der Waals surface area contributed by atoms with Gasteiger partial charge < -0.3 is 10.5 Å². The summed E-state index contributed by atoms with van der Waals surface area (Å²) in [4.78, 5) is 8.26. The van der Waals surface area contributed by atoms with Gasteiger partial charge in [-0.05, 0) is 31.0 Å². The lowest BCUT2D eigenvalue weighted by Crippen LogP contribution is -1.96. The first-order valence-corrected chi connectivity index (χ1v) is 6.21. The number of nitrogens with zero attached hydrogens (tertiary/aromatic N) is 2. The SMILES string of the molecule is C=CCc1cc(N)ccc1Oc1cc(CC)ncn1. The van der Waals surface area contributed by atoms with E-state index in [1.54, 1.807) is 0 Å². The molecule has 4 nitrogen and oxygen atoms in total. The van der Waals surface area contributed by atoms with E-state index in [0.29, 0.717) is 18.0 Å². The molecule has 4 heteroatoms. The van der Waals surface area contributed by atoms with Crippen LogP contribution in [0.5, 0.6) is 11.6 Å². The molecule has 1 heterocycles. The van der Waals surface area contributed by atoms with Gasteiger partial charge in [-0.1, -0.05) is 13.0 Å². The lowest BCUT2D eigenvalue weighted by Gasteiger charge is -2.10. The number of hydrogen-bond acceptors (Lipinski definition) is 4. The van der Waals surface area contributed by atoms with E-state index < -0.39 is 0 Å². The minimum Gasteiger partial charge on any atom is -0.439 e. The number of hydrogen-bond donors (Lipinski definition) is 1. The molecule has 1 aromatic carbocycles. The molecule has 0 unspecified atom stereocenters. The van der Waals surface area contributed by atoms with Crippen molar-refractivity contribution in [1.29, 1.82) is 0 Å². The van der Waals surface area contributed by atoms with Crippen LogP contribution in [0.3, 0.4) is 0 Å². The summed E-state index contributed by atoms with van der Waals surface area (Å²) in [6.07, 6.45) is 4.88. The van der Waals surface area contributed by atoms with Crippen LogP contribution in [0.2, 0.25) is 0 Å². The zero-order valence-electron chi connectivity index (χ0n) is 11.0. The van der Waals surface area contributed by atoms with Crippen LogP contribution in [0.4, 0.5) is 5.69 Å². The summed E-state index contributed by atoms with van der Waals surface area (Å²) in [7, 11) is 0. The Morgan fingerprint density at radius 3 is 2.89 bits per heavy atom. The Labute approximate surface area is 113 Å². The van der Waals surface area contributed by atoms with E-state index in [1.807, 2.05) is 37.3 Å². The van der Waals surface area contributed by atoms with Crippen LogP contribution in [0.25, 0.3) is 0 Å². The van der Waals surface area contributed by atoms with Gasteiger partial charge in [-0.15, -0.1) is 6.58 Å². The topological polar surface area (TPSA) is 61.0 Å². The van der Waals surface area contributed by atoms with Crippen LogP contribution in [-0.2, 0) is 12.8 Å². The van der Waals surface area contributed by atoms with Gasteiger partial charge in [0.25, 0.3) is 0 Å². The van der Waals surface area contributed by atoms with Gasteiger partial charge >= 0.3 is 0 Å². The van der Waals surface area contributed by atoms with Gasteiger partial charge in [0.05, 0.1) is 0 Å². The molecule has 0 atom stereocenters. The highest BCUT2D eigenvalue weighted by Crippen LogP contribution is 2.26. The average Bonchev–Trinajstić information content (AvgIpc) is 2.42. The smallest absolute Gasteiger partial charge is 0.222 e. The fraction of sp³-hybridized carbons (Fsp3) is 0.200. The third-order valence-corrected chi connectivity index (χ3v) is 2.72. The molecule has 0 amide bonds. The number of benzene rings is 1. The van der Waals surface area contributed by atoms with Crippen molar-refractivity contribution in [2.45, 2.75) is 19.8 Å². The molecule has 2 aromatic rings. The Morgan fingerprint density at radius 2 is 2.16 bits per heavy atom. The van der Waals surface area contributed by atoms with Gasteiger partial charge in [-0.25, -0.2) is 9.97 Å². The van der Waals surface area contributed by atoms with Gasteiger partial charge in [0.15, 0.2) is 0 Å². The predicted octanol–water partition coefficient (Wildman–Crippen LogP) is 3.14. The maximum absolute atomic E-state index is 5.81. The fourth-order valence-electron chi connectivity index (χ4n) is 1.75. The lowest BCUT2D eigenvalue weighted by atomic mass is 10.1. The predicted molar refractivity (Wildman–Crippen MR) is 76.2 cm³/mol. The highest BCUT2D eigenvalue weighted by Gasteiger charge is 2.06. The maximum atomic E-state index is 5.81. The second-order valence-electron chi connectivity index (χ2n) is 4.16. The summed E-state index contributed by atoms with van der Waals surface area (Å²) in [5.41, 5.74) is 8.43. The Morgan fingerprint density at radius 1 is 1.32 bits per heavy atom. The molecule has 0 bridgehead atoms. The Hall–Kier alpha value is -2.36. The molecule has 0 saturated heterocycles. The molecule has 98 valence electrons. The molecule has 0 fully saturated rings. The minimum absolute atomic E-state index is 0.543. The summed E-state index contributed by atoms with van der Waals surface area (Å²) in [5, 5.41) is 0. The normalized spacial score (nSPS) is 10.2. The number of aromatic nitrogens is 2. The fourth-order valence-corrected chi connectivity index (χ4v) is 1.75. The summed E-state index contributed by atoms with van der Waals surface area (Å²) in [6, 6.07) is 7.39. The van der Waals surface area contributed by atoms with Crippen LogP contribution in [0, 0.1) is 0 Å². The Bertz CT molecular complexity index is 581. The van der Waals surface area contributed by atoms with E-state index >= 15 is 0 Å². The highest BCUT2D eigenvalue weighted by molar-refractivity contribution is 5.49. The third kappa shape index (κ3) is 3.31. The van der Waals surface area contributed by atoms with Crippen LogP contribution >= 0.6 is 0 Å². The van der Waals surface area contributed by atoms with Crippen LogP contribution in [0.1, 0.15) is 18.2 Å². The van der Waals surface area contributed by atoms with Gasteiger partial charge in [-0.3, -0.25) is 0 Å². The molecule has 0 radical (unpaired) electrons. The molecule has 2 rings (SSSR count). The quantitative estimate of drug-likeness (QED) is 0.658. The van der Waals surface area contributed by atoms with Crippen molar-refractivity contribution >= 4 is 5.69 Å². The summed E-state index contributed by atoms with van der Waals surface area (Å²) in [6.45, 7) is 5.78. The highest BCUT2D eigenvalue weighted by atomic mass is 16.5. The third-order valence-electron chi connectivity index (χ3n) is 2.72. The minimum atomic E-state index is 0.543. The average molecular weight is 255 g/mol. The Balaban J connectivity index is 2.28. The number of anilines is 1. The van der Waals surface area contributed by atoms with Gasteiger partial charge in [0.1, 0.15) is 12.1 Å². The van der Waals surface area contributed by atoms with Gasteiger partial charge in [0, 0.05) is 23.0 Å². The van der Waals surface area contributed by atoms with Gasteiger partial charge in [-0.2, -0.15) is 0 Å². The second-order valence-corrected chi connectivity index (χ2v) is 4.16. The largest absolute Gasteiger partial charge is 0.439 e. The second kappa shape index (κ2) is 6.00. The molecule has 0 aliphatic rings. The van der Waals surface area contributed by atoms with Crippen molar-refractivity contribution in [3.63, 3.8) is 0 Å². The summed E-state index contributed by atoms with van der Waals surface area (Å²) >= 11 is 0. The molecule has 0 spiro atoms. The number of ether oxygens (including phenoxy) is 1. The molecular weight excluding hydrogens is 238 g/mol. The lowest BCUT2D eigenvalue weighted by molar-refractivity contribution is 0.456.